The van der Waals surface area contributed by atoms with Gasteiger partial charge in [-0.15, -0.1) is 0 Å². The summed E-state index contributed by atoms with van der Waals surface area (Å²) in [5.74, 6) is 0.840. The van der Waals surface area contributed by atoms with E-state index >= 15 is 0 Å². The maximum absolute atomic E-state index is 12.4. The van der Waals surface area contributed by atoms with Crippen molar-refractivity contribution in [2.24, 2.45) is 5.92 Å². The molecule has 0 aromatic carbocycles. The summed E-state index contributed by atoms with van der Waals surface area (Å²) in [5.41, 5.74) is 0.761. The van der Waals surface area contributed by atoms with Gasteiger partial charge in [-0.05, 0) is 30.2 Å². The van der Waals surface area contributed by atoms with Crippen LogP contribution in [0.2, 0.25) is 0 Å². The van der Waals surface area contributed by atoms with E-state index in [0.29, 0.717) is 18.2 Å². The molecule has 132 valence electrons. The van der Waals surface area contributed by atoms with Crippen LogP contribution in [0.1, 0.15) is 43.0 Å². The largest absolute Gasteiger partial charge is 0.348 e. The number of thiophene rings is 1. The van der Waals surface area contributed by atoms with Crippen LogP contribution >= 0.6 is 11.3 Å². The van der Waals surface area contributed by atoms with Gasteiger partial charge in [0.25, 0.3) is 5.91 Å². The Morgan fingerprint density at radius 1 is 1.38 bits per heavy atom. The fourth-order valence-electron chi connectivity index (χ4n) is 3.82. The van der Waals surface area contributed by atoms with Gasteiger partial charge in [-0.3, -0.25) is 14.5 Å². The van der Waals surface area contributed by atoms with E-state index in [9.17, 15) is 9.59 Å². The average Bonchev–Trinajstić information content (AvgIpc) is 3.28. The Labute approximate surface area is 148 Å². The van der Waals surface area contributed by atoms with Crippen LogP contribution < -0.4 is 5.32 Å². The van der Waals surface area contributed by atoms with Crippen LogP contribution in [-0.2, 0) is 4.79 Å². The van der Waals surface area contributed by atoms with E-state index in [4.69, 9.17) is 0 Å². The molecule has 24 heavy (non-hydrogen) atoms. The molecule has 3 heterocycles. The molecular weight excluding hydrogens is 322 g/mol. The van der Waals surface area contributed by atoms with Gasteiger partial charge in [0.1, 0.15) is 0 Å². The van der Waals surface area contributed by atoms with Gasteiger partial charge >= 0.3 is 0 Å². The molecule has 1 aromatic heterocycles. The number of nitrogens with one attached hydrogen (secondary N) is 1. The topological polar surface area (TPSA) is 52.6 Å². The normalized spacial score (nSPS) is 24.7. The lowest BCUT2D eigenvalue weighted by Crippen LogP contribution is -2.41. The highest BCUT2D eigenvalue weighted by Crippen LogP contribution is 2.22. The molecule has 1 aromatic rings. The first-order chi connectivity index (χ1) is 11.7. The van der Waals surface area contributed by atoms with Crippen molar-refractivity contribution in [3.05, 3.63) is 22.4 Å². The van der Waals surface area contributed by atoms with Gasteiger partial charge < -0.3 is 10.2 Å². The molecule has 5 nitrogen and oxygen atoms in total. The highest BCUT2D eigenvalue weighted by atomic mass is 32.1. The number of hydrogen-bond acceptors (Lipinski definition) is 4. The van der Waals surface area contributed by atoms with Gasteiger partial charge in [0.15, 0.2) is 0 Å². The molecule has 0 spiro atoms. The molecule has 0 aliphatic carbocycles. The predicted octanol–water partition coefficient (Wildman–Crippen LogP) is 2.20. The molecule has 1 N–H and O–H groups in total. The lowest BCUT2D eigenvalue weighted by atomic mass is 9.98. The standard InChI is InChI=1S/C18H27N3O2S/c1-2-4-14-11-20(8-9-21-7-3-5-17(21)22)12-16(14)19-18(23)15-6-10-24-13-15/h6,10,13-14,16H,2-5,7-9,11-12H2,1H3,(H,19,23)/t14-,16-/m0/s1. The summed E-state index contributed by atoms with van der Waals surface area (Å²) in [6.07, 6.45) is 3.97. The summed E-state index contributed by atoms with van der Waals surface area (Å²) in [7, 11) is 0. The van der Waals surface area contributed by atoms with E-state index in [2.05, 4.69) is 17.1 Å². The van der Waals surface area contributed by atoms with Gasteiger partial charge in [0.2, 0.25) is 5.91 Å². The molecule has 2 fully saturated rings. The Kier molecular flexibility index (Phi) is 5.89. The number of amides is 2. The number of carbonyl (C=O) groups is 2. The third kappa shape index (κ3) is 4.16. The van der Waals surface area contributed by atoms with Gasteiger partial charge in [0, 0.05) is 56.1 Å². The first-order valence-electron chi connectivity index (χ1n) is 9.00. The van der Waals surface area contributed by atoms with E-state index in [0.717, 1.165) is 57.5 Å². The first-order valence-corrected chi connectivity index (χ1v) is 9.95. The number of carbonyl (C=O) groups excluding carboxylic acids is 2. The fourth-order valence-corrected chi connectivity index (χ4v) is 4.45. The first kappa shape index (κ1) is 17.4. The third-order valence-corrected chi connectivity index (χ3v) is 5.82. The second-order valence-corrected chi connectivity index (χ2v) is 7.66. The highest BCUT2D eigenvalue weighted by Gasteiger charge is 2.33. The lowest BCUT2D eigenvalue weighted by molar-refractivity contribution is -0.127. The van der Waals surface area contributed by atoms with E-state index < -0.39 is 0 Å². The fraction of sp³-hybridized carbons (Fsp3) is 0.667. The zero-order valence-corrected chi connectivity index (χ0v) is 15.2. The number of hydrogen-bond donors (Lipinski definition) is 1. The monoisotopic (exact) mass is 349 g/mol. The predicted molar refractivity (Wildman–Crippen MR) is 96.2 cm³/mol. The minimum atomic E-state index is 0.0407. The second-order valence-electron chi connectivity index (χ2n) is 6.88. The Morgan fingerprint density at radius 2 is 2.25 bits per heavy atom. The van der Waals surface area contributed by atoms with Gasteiger partial charge in [-0.25, -0.2) is 0 Å². The third-order valence-electron chi connectivity index (χ3n) is 5.13. The molecule has 2 saturated heterocycles. The smallest absolute Gasteiger partial charge is 0.252 e. The molecular formula is C18H27N3O2S. The van der Waals surface area contributed by atoms with Crippen LogP contribution in [-0.4, -0.2) is 60.4 Å². The van der Waals surface area contributed by atoms with Crippen molar-refractivity contribution in [2.45, 2.75) is 38.6 Å². The average molecular weight is 350 g/mol. The van der Waals surface area contributed by atoms with Crippen molar-refractivity contribution >= 4 is 23.2 Å². The van der Waals surface area contributed by atoms with Gasteiger partial charge in [-0.2, -0.15) is 11.3 Å². The lowest BCUT2D eigenvalue weighted by Gasteiger charge is -2.21. The highest BCUT2D eigenvalue weighted by molar-refractivity contribution is 7.08. The summed E-state index contributed by atoms with van der Waals surface area (Å²) in [5, 5.41) is 7.06. The summed E-state index contributed by atoms with van der Waals surface area (Å²) in [6, 6.07) is 2.09. The Balaban J connectivity index is 1.53. The molecule has 2 amide bonds. The van der Waals surface area contributed by atoms with Crippen LogP contribution in [0.3, 0.4) is 0 Å². The maximum atomic E-state index is 12.4. The van der Waals surface area contributed by atoms with Crippen molar-refractivity contribution in [1.29, 1.82) is 0 Å². The van der Waals surface area contributed by atoms with Crippen LogP contribution in [0.25, 0.3) is 0 Å². The minimum Gasteiger partial charge on any atom is -0.348 e. The van der Waals surface area contributed by atoms with Crippen LogP contribution in [0.5, 0.6) is 0 Å². The molecule has 2 aliphatic heterocycles. The van der Waals surface area contributed by atoms with E-state index in [1.54, 1.807) is 11.3 Å². The van der Waals surface area contributed by atoms with E-state index in [1.807, 2.05) is 21.7 Å². The molecule has 0 saturated carbocycles. The minimum absolute atomic E-state index is 0.0407. The quantitative estimate of drug-likeness (QED) is 0.821. The molecule has 0 radical (unpaired) electrons. The molecule has 0 bridgehead atoms. The van der Waals surface area contributed by atoms with Crippen LogP contribution in [0.15, 0.2) is 16.8 Å². The van der Waals surface area contributed by atoms with Crippen molar-refractivity contribution < 1.29 is 9.59 Å². The molecule has 6 heteroatoms. The Bertz CT molecular complexity index is 561. The zero-order chi connectivity index (χ0) is 16.9. The summed E-state index contributed by atoms with van der Waals surface area (Å²) >= 11 is 1.55. The maximum Gasteiger partial charge on any atom is 0.252 e. The molecule has 2 aliphatic rings. The van der Waals surface area contributed by atoms with Gasteiger partial charge in [-0.1, -0.05) is 13.3 Å². The van der Waals surface area contributed by atoms with Crippen molar-refractivity contribution in [2.75, 3.05) is 32.7 Å². The zero-order valence-electron chi connectivity index (χ0n) is 14.4. The second kappa shape index (κ2) is 8.12. The van der Waals surface area contributed by atoms with E-state index in [-0.39, 0.29) is 11.9 Å². The van der Waals surface area contributed by atoms with Crippen LogP contribution in [0, 0.1) is 5.92 Å². The van der Waals surface area contributed by atoms with E-state index in [1.165, 1.54) is 0 Å². The van der Waals surface area contributed by atoms with Gasteiger partial charge in [0.05, 0.1) is 0 Å². The van der Waals surface area contributed by atoms with Crippen LogP contribution in [0.4, 0.5) is 0 Å². The SMILES string of the molecule is CCC[C@H]1CN(CCN2CCCC2=O)C[C@@H]1NC(=O)c1ccsc1. The summed E-state index contributed by atoms with van der Waals surface area (Å²) < 4.78 is 0. The molecule has 3 rings (SSSR count). The summed E-state index contributed by atoms with van der Waals surface area (Å²) in [4.78, 5) is 28.5. The van der Waals surface area contributed by atoms with Crippen molar-refractivity contribution in [3.8, 4) is 0 Å². The Morgan fingerprint density at radius 3 is 2.92 bits per heavy atom. The number of rotatable bonds is 7. The molecule has 0 unspecified atom stereocenters. The summed E-state index contributed by atoms with van der Waals surface area (Å²) in [6.45, 7) is 6.75. The van der Waals surface area contributed by atoms with Crippen molar-refractivity contribution in [3.63, 3.8) is 0 Å². The Hall–Kier alpha value is -1.40. The molecule has 2 atom stereocenters. The number of likely N-dealkylation sites (tertiary alicyclic amines) is 2. The van der Waals surface area contributed by atoms with Crippen molar-refractivity contribution in [1.82, 2.24) is 15.1 Å². The number of nitrogens with zero attached hydrogens (tertiary/aromatic N) is 2.